The smallest absolute Gasteiger partial charge is 0.255 e. The van der Waals surface area contributed by atoms with Crippen molar-refractivity contribution in [3.8, 4) is 0 Å². The quantitative estimate of drug-likeness (QED) is 0.734. The molecule has 2 aliphatic rings. The van der Waals surface area contributed by atoms with Crippen molar-refractivity contribution in [2.24, 2.45) is 0 Å². The van der Waals surface area contributed by atoms with Gasteiger partial charge in [0.1, 0.15) is 0 Å². The molecule has 4 rings (SSSR count). The maximum atomic E-state index is 12.9. The highest BCUT2D eigenvalue weighted by Gasteiger charge is 2.29. The van der Waals surface area contributed by atoms with Crippen molar-refractivity contribution in [2.45, 2.75) is 12.5 Å². The van der Waals surface area contributed by atoms with Crippen molar-refractivity contribution < 1.29 is 4.79 Å². The molecule has 1 saturated heterocycles. The number of nitrogens with zero attached hydrogens (tertiary/aromatic N) is 2. The summed E-state index contributed by atoms with van der Waals surface area (Å²) < 4.78 is 0. The number of hydrogen-bond donors (Lipinski definition) is 0. The van der Waals surface area contributed by atoms with Crippen LogP contribution in [0, 0.1) is 0 Å². The van der Waals surface area contributed by atoms with Crippen LogP contribution in [0.1, 0.15) is 23.6 Å². The fraction of sp³-hybridized carbons (Fsp3) is 0.250. The first-order valence-corrected chi connectivity index (χ1v) is 10.2. The molecule has 0 atom stereocenters. The molecule has 1 aliphatic carbocycles. The number of carbonyl (C=O) groups excluding carboxylic acids is 1. The Labute approximate surface area is 172 Å². The van der Waals surface area contributed by atoms with E-state index < -0.39 is 0 Å². The molecule has 142 valence electrons. The number of carbonyl (C=O) groups is 1. The second-order valence-corrected chi connectivity index (χ2v) is 7.68. The first-order valence-electron chi connectivity index (χ1n) is 9.77. The third kappa shape index (κ3) is 3.98. The van der Waals surface area contributed by atoms with Gasteiger partial charge in [0.15, 0.2) is 0 Å². The van der Waals surface area contributed by atoms with Crippen molar-refractivity contribution in [3.05, 3.63) is 95.6 Å². The molecule has 2 aromatic rings. The lowest BCUT2D eigenvalue weighted by atomic mass is 9.96. The van der Waals surface area contributed by atoms with Gasteiger partial charge in [0.05, 0.1) is 11.6 Å². The molecule has 4 heteroatoms. The number of thiocarbonyl (C=S) groups is 1. The molecule has 0 spiro atoms. The number of amides is 1. The first kappa shape index (κ1) is 18.8. The lowest BCUT2D eigenvalue weighted by Crippen LogP contribution is -2.50. The number of hydrogen-bond acceptors (Lipinski definition) is 3. The van der Waals surface area contributed by atoms with Gasteiger partial charge in [0.25, 0.3) is 5.91 Å². The predicted molar refractivity (Wildman–Crippen MR) is 117 cm³/mol. The molecule has 0 saturated carbocycles. The van der Waals surface area contributed by atoms with E-state index in [2.05, 4.69) is 65.6 Å². The van der Waals surface area contributed by atoms with E-state index >= 15 is 0 Å². The molecule has 1 aliphatic heterocycles. The average Bonchev–Trinajstić information content (AvgIpc) is 2.76. The Morgan fingerprint density at radius 1 is 0.857 bits per heavy atom. The van der Waals surface area contributed by atoms with Gasteiger partial charge in [0, 0.05) is 37.5 Å². The van der Waals surface area contributed by atoms with Gasteiger partial charge in [-0.05, 0) is 17.2 Å². The van der Waals surface area contributed by atoms with Crippen LogP contribution in [0.25, 0.3) is 0 Å². The summed E-state index contributed by atoms with van der Waals surface area (Å²) in [5.74, 6) is 0.0740. The topological polar surface area (TPSA) is 23.6 Å². The largest absolute Gasteiger partial charge is 0.336 e. The van der Waals surface area contributed by atoms with Gasteiger partial charge < -0.3 is 4.90 Å². The monoisotopic (exact) mass is 388 g/mol. The second kappa shape index (κ2) is 8.63. The summed E-state index contributed by atoms with van der Waals surface area (Å²) in [6.07, 6.45) is 6.48. The molecule has 0 unspecified atom stereocenters. The summed E-state index contributed by atoms with van der Waals surface area (Å²) in [5.41, 5.74) is 3.26. The highest BCUT2D eigenvalue weighted by atomic mass is 32.1. The normalized spacial score (nSPS) is 17.7. The highest BCUT2D eigenvalue weighted by molar-refractivity contribution is 7.81. The van der Waals surface area contributed by atoms with Crippen molar-refractivity contribution in [3.63, 3.8) is 0 Å². The molecule has 28 heavy (non-hydrogen) atoms. The average molecular weight is 389 g/mol. The third-order valence-corrected chi connectivity index (χ3v) is 5.82. The zero-order valence-corrected chi connectivity index (χ0v) is 16.6. The van der Waals surface area contributed by atoms with Crippen LogP contribution in [0.15, 0.2) is 84.5 Å². The zero-order valence-electron chi connectivity index (χ0n) is 15.8. The van der Waals surface area contributed by atoms with E-state index in [1.807, 2.05) is 23.1 Å². The van der Waals surface area contributed by atoms with Crippen LogP contribution in [-0.4, -0.2) is 46.8 Å². The summed E-state index contributed by atoms with van der Waals surface area (Å²) >= 11 is 5.39. The summed E-state index contributed by atoms with van der Waals surface area (Å²) in [7, 11) is 0. The Kier molecular flexibility index (Phi) is 5.79. The molecule has 2 aromatic carbocycles. The van der Waals surface area contributed by atoms with E-state index in [-0.39, 0.29) is 11.9 Å². The first-order chi connectivity index (χ1) is 13.7. The van der Waals surface area contributed by atoms with E-state index in [1.165, 1.54) is 11.1 Å². The van der Waals surface area contributed by atoms with Crippen LogP contribution in [0.3, 0.4) is 0 Å². The van der Waals surface area contributed by atoms with E-state index in [1.54, 1.807) is 0 Å². The van der Waals surface area contributed by atoms with Crippen molar-refractivity contribution in [2.75, 3.05) is 26.2 Å². The summed E-state index contributed by atoms with van der Waals surface area (Å²) in [4.78, 5) is 18.1. The molecule has 1 heterocycles. The Bertz CT molecular complexity index is 857. The van der Waals surface area contributed by atoms with Crippen molar-refractivity contribution in [1.82, 2.24) is 9.80 Å². The summed E-state index contributed by atoms with van der Waals surface area (Å²) in [6, 6.07) is 21.4. The molecule has 1 amide bonds. The van der Waals surface area contributed by atoms with Crippen molar-refractivity contribution >= 4 is 23.0 Å². The van der Waals surface area contributed by atoms with Crippen LogP contribution in [-0.2, 0) is 4.79 Å². The highest BCUT2D eigenvalue weighted by Crippen LogP contribution is 2.29. The van der Waals surface area contributed by atoms with Gasteiger partial charge in [-0.1, -0.05) is 85.0 Å². The molecule has 0 bridgehead atoms. The maximum absolute atomic E-state index is 12.9. The molecular formula is C24H24N2OS. The fourth-order valence-corrected chi connectivity index (χ4v) is 4.22. The van der Waals surface area contributed by atoms with Crippen LogP contribution < -0.4 is 0 Å². The van der Waals surface area contributed by atoms with Gasteiger partial charge in [0.2, 0.25) is 0 Å². The number of piperazine rings is 1. The van der Waals surface area contributed by atoms with E-state index in [4.69, 9.17) is 12.2 Å². The number of rotatable bonds is 4. The summed E-state index contributed by atoms with van der Waals surface area (Å²) in [5, 5.41) is 0. The molecular weight excluding hydrogens is 364 g/mol. The Morgan fingerprint density at radius 2 is 1.43 bits per heavy atom. The minimum Gasteiger partial charge on any atom is -0.336 e. The van der Waals surface area contributed by atoms with Gasteiger partial charge in [-0.3, -0.25) is 9.69 Å². The predicted octanol–water partition coefficient (Wildman–Crippen LogP) is 4.18. The van der Waals surface area contributed by atoms with Crippen LogP contribution >= 0.6 is 12.2 Å². The van der Waals surface area contributed by atoms with E-state index in [9.17, 15) is 4.79 Å². The van der Waals surface area contributed by atoms with Gasteiger partial charge in [-0.25, -0.2) is 0 Å². The molecule has 0 radical (unpaired) electrons. The molecule has 1 fully saturated rings. The zero-order chi connectivity index (χ0) is 19.3. The third-order valence-electron chi connectivity index (χ3n) is 5.43. The van der Waals surface area contributed by atoms with E-state index in [0.29, 0.717) is 12.0 Å². The Morgan fingerprint density at radius 3 is 1.96 bits per heavy atom. The van der Waals surface area contributed by atoms with Crippen LogP contribution in [0.5, 0.6) is 0 Å². The van der Waals surface area contributed by atoms with E-state index in [0.717, 1.165) is 31.0 Å². The minimum absolute atomic E-state index is 0.0740. The lowest BCUT2D eigenvalue weighted by molar-refractivity contribution is -0.128. The molecule has 0 N–H and O–H groups in total. The SMILES string of the molecule is O=C(C1=CC=CCC1=S)N1CCN(C(c2ccccc2)c2ccccc2)CC1. The number of benzene rings is 2. The molecule has 3 nitrogen and oxygen atoms in total. The Hall–Kier alpha value is -2.56. The second-order valence-electron chi connectivity index (χ2n) is 7.19. The number of allylic oxidation sites excluding steroid dienone is 3. The van der Waals surface area contributed by atoms with Crippen molar-refractivity contribution in [1.29, 1.82) is 0 Å². The molecule has 0 aromatic heterocycles. The van der Waals surface area contributed by atoms with Gasteiger partial charge in [-0.2, -0.15) is 0 Å². The Balaban J connectivity index is 1.51. The lowest BCUT2D eigenvalue weighted by Gasteiger charge is -2.40. The minimum atomic E-state index is 0.0740. The van der Waals surface area contributed by atoms with Gasteiger partial charge >= 0.3 is 0 Å². The maximum Gasteiger partial charge on any atom is 0.255 e. The van der Waals surface area contributed by atoms with Gasteiger partial charge in [-0.15, -0.1) is 0 Å². The fourth-order valence-electron chi connectivity index (χ4n) is 3.97. The van der Waals surface area contributed by atoms with Crippen LogP contribution in [0.2, 0.25) is 0 Å². The van der Waals surface area contributed by atoms with Crippen LogP contribution in [0.4, 0.5) is 0 Å². The standard InChI is InChI=1S/C24H24N2OS/c27-24(21-13-7-8-14-22(21)28)26-17-15-25(16-18-26)23(19-9-3-1-4-10-19)20-11-5-2-6-12-20/h1-13,23H,14-18H2. The summed E-state index contributed by atoms with van der Waals surface area (Å²) in [6.45, 7) is 3.13.